The molecule has 1 heterocycles. The molecular formula is C12H14N2O. The molecule has 0 amide bonds. The van der Waals surface area contributed by atoms with Crippen molar-refractivity contribution < 1.29 is 5.11 Å². The summed E-state index contributed by atoms with van der Waals surface area (Å²) in [5.41, 5.74) is 2.99. The van der Waals surface area contributed by atoms with Gasteiger partial charge >= 0.3 is 0 Å². The van der Waals surface area contributed by atoms with Crippen LogP contribution in [0.2, 0.25) is 0 Å². The Hall–Kier alpha value is -1.77. The second kappa shape index (κ2) is 3.77. The second-order valence-electron chi connectivity index (χ2n) is 3.55. The van der Waals surface area contributed by atoms with Gasteiger partial charge in [-0.15, -0.1) is 0 Å². The third-order valence-corrected chi connectivity index (χ3v) is 2.57. The predicted octanol–water partition coefficient (Wildman–Crippen LogP) is 2.36. The Kier molecular flexibility index (Phi) is 2.46. The predicted molar refractivity (Wildman–Crippen MR) is 59.7 cm³/mol. The number of aromatic nitrogens is 2. The van der Waals surface area contributed by atoms with Crippen LogP contribution in [0.3, 0.4) is 0 Å². The molecule has 0 aliphatic carbocycles. The highest BCUT2D eigenvalue weighted by atomic mass is 16.3. The van der Waals surface area contributed by atoms with Gasteiger partial charge in [0.05, 0.1) is 5.69 Å². The normalized spacial score (nSPS) is 10.5. The van der Waals surface area contributed by atoms with Crippen LogP contribution >= 0.6 is 0 Å². The van der Waals surface area contributed by atoms with E-state index in [1.54, 1.807) is 16.9 Å². The minimum absolute atomic E-state index is 0.302. The Morgan fingerprint density at radius 3 is 2.73 bits per heavy atom. The minimum Gasteiger partial charge on any atom is -0.507 e. The van der Waals surface area contributed by atoms with Crippen LogP contribution in [0.15, 0.2) is 30.5 Å². The fraction of sp³-hybridized carbons (Fsp3) is 0.250. The summed E-state index contributed by atoms with van der Waals surface area (Å²) in [7, 11) is 1.87. The highest BCUT2D eigenvalue weighted by Crippen LogP contribution is 2.29. The van der Waals surface area contributed by atoms with Crippen molar-refractivity contribution in [3.05, 3.63) is 36.0 Å². The van der Waals surface area contributed by atoms with E-state index in [1.165, 1.54) is 5.56 Å². The standard InChI is InChI=1S/C12H14N2O/c1-3-9-4-5-12(15)10(8-9)11-6-7-13-14(11)2/h4-8,15H,3H2,1-2H3. The van der Waals surface area contributed by atoms with Gasteiger partial charge in [0.25, 0.3) is 0 Å². The van der Waals surface area contributed by atoms with Gasteiger partial charge in [-0.2, -0.15) is 5.10 Å². The molecule has 1 aromatic carbocycles. The van der Waals surface area contributed by atoms with E-state index >= 15 is 0 Å². The summed E-state index contributed by atoms with van der Waals surface area (Å²) in [6.07, 6.45) is 2.69. The van der Waals surface area contributed by atoms with Gasteiger partial charge in [0.2, 0.25) is 0 Å². The molecule has 2 aromatic rings. The molecule has 3 nitrogen and oxygen atoms in total. The number of aryl methyl sites for hydroxylation is 2. The number of rotatable bonds is 2. The van der Waals surface area contributed by atoms with E-state index in [0.717, 1.165) is 17.7 Å². The summed E-state index contributed by atoms with van der Waals surface area (Å²) in [5, 5.41) is 13.9. The van der Waals surface area contributed by atoms with Crippen molar-refractivity contribution in [2.24, 2.45) is 7.05 Å². The van der Waals surface area contributed by atoms with Crippen LogP contribution in [-0.4, -0.2) is 14.9 Å². The molecule has 0 fully saturated rings. The molecule has 1 aromatic heterocycles. The monoisotopic (exact) mass is 202 g/mol. The van der Waals surface area contributed by atoms with Crippen LogP contribution in [0, 0.1) is 0 Å². The largest absolute Gasteiger partial charge is 0.507 e. The number of benzene rings is 1. The molecule has 0 aliphatic heterocycles. The van der Waals surface area contributed by atoms with E-state index in [9.17, 15) is 5.11 Å². The molecule has 0 bridgehead atoms. The van der Waals surface area contributed by atoms with Gasteiger partial charge in [0.15, 0.2) is 0 Å². The lowest BCUT2D eigenvalue weighted by Gasteiger charge is -2.06. The summed E-state index contributed by atoms with van der Waals surface area (Å²) in [5.74, 6) is 0.302. The smallest absolute Gasteiger partial charge is 0.124 e. The Morgan fingerprint density at radius 1 is 1.33 bits per heavy atom. The maximum absolute atomic E-state index is 9.79. The maximum Gasteiger partial charge on any atom is 0.124 e. The van der Waals surface area contributed by atoms with E-state index in [2.05, 4.69) is 12.0 Å². The zero-order chi connectivity index (χ0) is 10.8. The highest BCUT2D eigenvalue weighted by molar-refractivity contribution is 5.67. The first-order chi connectivity index (χ1) is 7.22. The SMILES string of the molecule is CCc1ccc(O)c(-c2ccnn2C)c1. The Bertz CT molecular complexity index is 474. The van der Waals surface area contributed by atoms with Crippen molar-refractivity contribution in [2.45, 2.75) is 13.3 Å². The molecule has 78 valence electrons. The molecule has 3 heteroatoms. The third-order valence-electron chi connectivity index (χ3n) is 2.57. The lowest BCUT2D eigenvalue weighted by Crippen LogP contribution is -1.94. The number of hydrogen-bond donors (Lipinski definition) is 1. The molecule has 1 N–H and O–H groups in total. The average molecular weight is 202 g/mol. The molecule has 0 atom stereocenters. The molecule has 0 saturated heterocycles. The van der Waals surface area contributed by atoms with Gasteiger partial charge in [-0.05, 0) is 30.2 Å². The molecule has 0 aliphatic rings. The highest BCUT2D eigenvalue weighted by Gasteiger charge is 2.08. The summed E-state index contributed by atoms with van der Waals surface area (Å²) in [4.78, 5) is 0. The minimum atomic E-state index is 0.302. The second-order valence-corrected chi connectivity index (χ2v) is 3.55. The first kappa shape index (κ1) is 9.77. The summed E-state index contributed by atoms with van der Waals surface area (Å²) < 4.78 is 1.76. The van der Waals surface area contributed by atoms with E-state index in [4.69, 9.17) is 0 Å². The van der Waals surface area contributed by atoms with E-state index in [1.807, 2.05) is 25.2 Å². The van der Waals surface area contributed by atoms with Gasteiger partial charge in [0.1, 0.15) is 5.75 Å². The van der Waals surface area contributed by atoms with Crippen LogP contribution < -0.4 is 0 Å². The fourth-order valence-corrected chi connectivity index (χ4v) is 1.65. The van der Waals surface area contributed by atoms with Gasteiger partial charge in [-0.3, -0.25) is 4.68 Å². The zero-order valence-corrected chi connectivity index (χ0v) is 8.94. The fourth-order valence-electron chi connectivity index (χ4n) is 1.65. The van der Waals surface area contributed by atoms with E-state index < -0.39 is 0 Å². The van der Waals surface area contributed by atoms with Crippen molar-refractivity contribution >= 4 is 0 Å². The van der Waals surface area contributed by atoms with Gasteiger partial charge < -0.3 is 5.11 Å². The van der Waals surface area contributed by atoms with Crippen molar-refractivity contribution in [3.63, 3.8) is 0 Å². The van der Waals surface area contributed by atoms with Gasteiger partial charge in [0, 0.05) is 18.8 Å². The molecule has 0 unspecified atom stereocenters. The van der Waals surface area contributed by atoms with Gasteiger partial charge in [-0.1, -0.05) is 13.0 Å². The van der Waals surface area contributed by atoms with Crippen molar-refractivity contribution in [2.75, 3.05) is 0 Å². The van der Waals surface area contributed by atoms with E-state index in [0.29, 0.717) is 5.75 Å². The van der Waals surface area contributed by atoms with Crippen LogP contribution in [0.5, 0.6) is 5.75 Å². The number of phenols is 1. The molecule has 15 heavy (non-hydrogen) atoms. The van der Waals surface area contributed by atoms with Crippen LogP contribution in [0.4, 0.5) is 0 Å². The van der Waals surface area contributed by atoms with Crippen molar-refractivity contribution in [3.8, 4) is 17.0 Å². The van der Waals surface area contributed by atoms with Crippen LogP contribution in [0.1, 0.15) is 12.5 Å². The molecule has 0 radical (unpaired) electrons. The average Bonchev–Trinajstić information content (AvgIpc) is 2.65. The lowest BCUT2D eigenvalue weighted by molar-refractivity contribution is 0.476. The molecule has 2 rings (SSSR count). The van der Waals surface area contributed by atoms with Crippen molar-refractivity contribution in [1.82, 2.24) is 9.78 Å². The molecular weight excluding hydrogens is 188 g/mol. The quantitative estimate of drug-likeness (QED) is 0.811. The lowest BCUT2D eigenvalue weighted by atomic mass is 10.1. The zero-order valence-electron chi connectivity index (χ0n) is 8.94. The first-order valence-corrected chi connectivity index (χ1v) is 5.02. The Morgan fingerprint density at radius 2 is 2.13 bits per heavy atom. The van der Waals surface area contributed by atoms with Gasteiger partial charge in [-0.25, -0.2) is 0 Å². The number of nitrogens with zero attached hydrogens (tertiary/aromatic N) is 2. The number of phenolic OH excluding ortho intramolecular Hbond substituents is 1. The van der Waals surface area contributed by atoms with Crippen LogP contribution in [0.25, 0.3) is 11.3 Å². The van der Waals surface area contributed by atoms with Crippen LogP contribution in [-0.2, 0) is 13.5 Å². The Balaban J connectivity index is 2.56. The molecule has 0 spiro atoms. The topological polar surface area (TPSA) is 38.1 Å². The first-order valence-electron chi connectivity index (χ1n) is 5.02. The summed E-state index contributed by atoms with van der Waals surface area (Å²) in [6.45, 7) is 2.10. The third kappa shape index (κ3) is 1.73. The Labute approximate surface area is 89.0 Å². The maximum atomic E-state index is 9.79. The van der Waals surface area contributed by atoms with Crippen molar-refractivity contribution in [1.29, 1.82) is 0 Å². The van der Waals surface area contributed by atoms with E-state index in [-0.39, 0.29) is 0 Å². The summed E-state index contributed by atoms with van der Waals surface area (Å²) >= 11 is 0. The molecule has 0 saturated carbocycles. The number of hydrogen-bond acceptors (Lipinski definition) is 2. The number of aromatic hydroxyl groups is 1. The summed E-state index contributed by atoms with van der Waals surface area (Å²) in [6, 6.07) is 7.58.